The van der Waals surface area contributed by atoms with Crippen LogP contribution in [0.2, 0.25) is 0 Å². The molecule has 5 aromatic carbocycles. The Morgan fingerprint density at radius 1 is 0.418 bits per heavy atom. The molecule has 0 saturated carbocycles. The van der Waals surface area contributed by atoms with Gasteiger partial charge in [0.05, 0.1) is 33.0 Å². The molecule has 0 aromatic heterocycles. The molecule has 5 nitrogen and oxygen atoms in total. The lowest BCUT2D eigenvalue weighted by molar-refractivity contribution is 0.260. The molecule has 0 N–H and O–H groups in total. The predicted octanol–water partition coefficient (Wildman–Crippen LogP) is 14.8. The van der Waals surface area contributed by atoms with Gasteiger partial charge >= 0.3 is 0 Å². The van der Waals surface area contributed by atoms with Crippen molar-refractivity contribution >= 4 is 32.3 Å². The smallest absolute Gasteiger partial charge is 0.169 e. The number of rotatable bonds is 26. The van der Waals surface area contributed by atoms with E-state index >= 15 is 4.39 Å². The first-order valence-corrected chi connectivity index (χ1v) is 21.5. The Morgan fingerprint density at radius 2 is 0.927 bits per heavy atom. The average molecular weight is 753 g/mol. The summed E-state index contributed by atoms with van der Waals surface area (Å²) in [5.74, 6) is 3.45. The van der Waals surface area contributed by atoms with E-state index in [0.29, 0.717) is 33.0 Å². The number of fused-ring (bicyclic) bond motifs is 6. The molecule has 55 heavy (non-hydrogen) atoms. The Hall–Kier alpha value is -4.19. The van der Waals surface area contributed by atoms with Gasteiger partial charge in [0.15, 0.2) is 23.0 Å². The van der Waals surface area contributed by atoms with E-state index in [2.05, 4.69) is 71.0 Å². The standard InChI is InChI=1S/C49H65FO5/c1-6-11-16-26-51-38-32-40(36-22-21-23-37(50)31-36)47-39-24-25-44(52-27-17-12-7-2)49(55-30-20-15-10-5)48(39)43-35-46(54-29-19-14-9-4)45(53-28-18-13-8-3)34-41(43)42(47)33-38/h21-25,31-35H,6-20,26-30H2,1-5H3. The van der Waals surface area contributed by atoms with Gasteiger partial charge in [0.1, 0.15) is 11.6 Å². The molecule has 0 aliphatic heterocycles. The van der Waals surface area contributed by atoms with Crippen molar-refractivity contribution in [1.82, 2.24) is 0 Å². The minimum absolute atomic E-state index is 0.277. The van der Waals surface area contributed by atoms with E-state index < -0.39 is 0 Å². The summed E-state index contributed by atoms with van der Waals surface area (Å²) in [7, 11) is 0. The number of hydrogen-bond donors (Lipinski definition) is 0. The van der Waals surface area contributed by atoms with Crippen LogP contribution in [0.25, 0.3) is 43.4 Å². The highest BCUT2D eigenvalue weighted by Gasteiger charge is 2.23. The summed E-state index contributed by atoms with van der Waals surface area (Å²) in [6.07, 6.45) is 15.9. The monoisotopic (exact) mass is 752 g/mol. The van der Waals surface area contributed by atoms with E-state index in [-0.39, 0.29) is 5.82 Å². The lowest BCUT2D eigenvalue weighted by Crippen LogP contribution is -2.05. The predicted molar refractivity (Wildman–Crippen MR) is 229 cm³/mol. The molecule has 5 aromatic rings. The topological polar surface area (TPSA) is 46.2 Å². The molecule has 0 atom stereocenters. The van der Waals surface area contributed by atoms with Gasteiger partial charge in [-0.05, 0) is 119 Å². The zero-order valence-corrected chi connectivity index (χ0v) is 34.3. The van der Waals surface area contributed by atoms with Crippen molar-refractivity contribution in [3.63, 3.8) is 0 Å². The lowest BCUT2D eigenvalue weighted by Gasteiger charge is -2.22. The Morgan fingerprint density at radius 3 is 1.49 bits per heavy atom. The number of ether oxygens (including phenoxy) is 5. The number of halogens is 1. The van der Waals surface area contributed by atoms with Crippen LogP contribution in [0.5, 0.6) is 28.7 Å². The molecule has 0 saturated heterocycles. The van der Waals surface area contributed by atoms with Gasteiger partial charge in [-0.1, -0.05) is 111 Å². The van der Waals surface area contributed by atoms with Gasteiger partial charge in [0.2, 0.25) is 0 Å². The van der Waals surface area contributed by atoms with Gasteiger partial charge in [-0.15, -0.1) is 0 Å². The van der Waals surface area contributed by atoms with Crippen molar-refractivity contribution in [2.45, 2.75) is 131 Å². The van der Waals surface area contributed by atoms with Crippen LogP contribution in [0.3, 0.4) is 0 Å². The molecule has 0 unspecified atom stereocenters. The molecular weight excluding hydrogens is 688 g/mol. The third kappa shape index (κ3) is 11.2. The minimum atomic E-state index is -0.277. The van der Waals surface area contributed by atoms with E-state index in [9.17, 15) is 0 Å². The second-order valence-electron chi connectivity index (χ2n) is 14.8. The summed E-state index contributed by atoms with van der Waals surface area (Å²) in [4.78, 5) is 0. The molecule has 0 radical (unpaired) electrons. The van der Waals surface area contributed by atoms with Crippen molar-refractivity contribution in [1.29, 1.82) is 0 Å². The van der Waals surface area contributed by atoms with Crippen LogP contribution in [-0.2, 0) is 0 Å². The molecule has 0 heterocycles. The van der Waals surface area contributed by atoms with Gasteiger partial charge < -0.3 is 23.7 Å². The summed E-state index contributed by atoms with van der Waals surface area (Å²) in [5.41, 5.74) is 1.70. The third-order valence-electron chi connectivity index (χ3n) is 10.3. The molecule has 0 spiro atoms. The summed E-state index contributed by atoms with van der Waals surface area (Å²) in [6, 6.07) is 19.7. The molecule has 0 aliphatic rings. The van der Waals surface area contributed by atoms with Crippen LogP contribution in [0, 0.1) is 5.82 Å². The van der Waals surface area contributed by atoms with Gasteiger partial charge in [-0.25, -0.2) is 4.39 Å². The number of unbranched alkanes of at least 4 members (excludes halogenated alkanes) is 10. The van der Waals surface area contributed by atoms with Crippen molar-refractivity contribution in [2.24, 2.45) is 0 Å². The molecule has 6 heteroatoms. The largest absolute Gasteiger partial charge is 0.494 e. The van der Waals surface area contributed by atoms with Gasteiger partial charge in [0, 0.05) is 5.39 Å². The summed E-state index contributed by atoms with van der Waals surface area (Å²) in [6.45, 7) is 14.1. The fourth-order valence-corrected chi connectivity index (χ4v) is 7.27. The van der Waals surface area contributed by atoms with E-state index in [1.807, 2.05) is 6.07 Å². The number of benzene rings is 5. The van der Waals surface area contributed by atoms with Crippen LogP contribution in [0.15, 0.2) is 60.7 Å². The maximum Gasteiger partial charge on any atom is 0.169 e. The summed E-state index contributed by atoms with van der Waals surface area (Å²) >= 11 is 0. The van der Waals surface area contributed by atoms with Crippen molar-refractivity contribution < 1.29 is 28.1 Å². The van der Waals surface area contributed by atoms with Crippen molar-refractivity contribution in [3.05, 3.63) is 66.5 Å². The Bertz CT molecular complexity index is 1930. The van der Waals surface area contributed by atoms with E-state index in [1.165, 1.54) is 6.07 Å². The minimum Gasteiger partial charge on any atom is -0.494 e. The van der Waals surface area contributed by atoms with Crippen LogP contribution < -0.4 is 23.7 Å². The molecule has 298 valence electrons. The molecular formula is C49H65FO5. The highest BCUT2D eigenvalue weighted by molar-refractivity contribution is 6.30. The summed E-state index contributed by atoms with van der Waals surface area (Å²) in [5, 5.41) is 6.02. The van der Waals surface area contributed by atoms with Crippen LogP contribution in [-0.4, -0.2) is 33.0 Å². The van der Waals surface area contributed by atoms with E-state index in [0.717, 1.165) is 169 Å². The maximum absolute atomic E-state index is 15.0. The normalized spacial score (nSPS) is 11.5. The first-order chi connectivity index (χ1) is 27.0. The zero-order valence-electron chi connectivity index (χ0n) is 34.3. The number of hydrogen-bond acceptors (Lipinski definition) is 5. The molecule has 0 amide bonds. The van der Waals surface area contributed by atoms with Crippen LogP contribution in [0.1, 0.15) is 131 Å². The molecule has 0 bridgehead atoms. The van der Waals surface area contributed by atoms with Crippen LogP contribution >= 0.6 is 0 Å². The molecule has 5 rings (SSSR count). The van der Waals surface area contributed by atoms with Crippen LogP contribution in [0.4, 0.5) is 4.39 Å². The van der Waals surface area contributed by atoms with Crippen molar-refractivity contribution in [2.75, 3.05) is 33.0 Å². The maximum atomic E-state index is 15.0. The third-order valence-corrected chi connectivity index (χ3v) is 10.3. The Balaban J connectivity index is 1.87. The second kappa shape index (κ2) is 22.4. The highest BCUT2D eigenvalue weighted by Crippen LogP contribution is 2.50. The van der Waals surface area contributed by atoms with Gasteiger partial charge in [-0.2, -0.15) is 0 Å². The highest BCUT2D eigenvalue weighted by atomic mass is 19.1. The quantitative estimate of drug-likeness (QED) is 0.0416. The Labute approximate surface area is 329 Å². The second-order valence-corrected chi connectivity index (χ2v) is 14.8. The van der Waals surface area contributed by atoms with E-state index in [4.69, 9.17) is 23.7 Å². The molecule has 0 fully saturated rings. The van der Waals surface area contributed by atoms with Gasteiger partial charge in [-0.3, -0.25) is 0 Å². The fourth-order valence-electron chi connectivity index (χ4n) is 7.27. The molecule has 0 aliphatic carbocycles. The first kappa shape index (κ1) is 42.0. The van der Waals surface area contributed by atoms with E-state index in [1.54, 1.807) is 12.1 Å². The first-order valence-electron chi connectivity index (χ1n) is 21.5. The summed E-state index contributed by atoms with van der Waals surface area (Å²) < 4.78 is 48.0. The zero-order chi connectivity index (χ0) is 38.8. The lowest BCUT2D eigenvalue weighted by atomic mass is 9.88. The fraction of sp³-hybridized carbons (Fsp3) is 0.510. The SMILES string of the molecule is CCCCCOc1cc(-c2cccc(F)c2)c2c(c1)c1cc(OCCCCC)c(OCCCCC)cc1c1c(OCCCCC)c(OCCCCC)ccc21. The average Bonchev–Trinajstić information content (AvgIpc) is 3.20. The van der Waals surface area contributed by atoms with Gasteiger partial charge in [0.25, 0.3) is 0 Å². The Kier molecular flexibility index (Phi) is 17.1. The van der Waals surface area contributed by atoms with Crippen molar-refractivity contribution in [3.8, 4) is 39.9 Å².